The lowest BCUT2D eigenvalue weighted by molar-refractivity contribution is -0.00209. The summed E-state index contributed by atoms with van der Waals surface area (Å²) in [6.45, 7) is 10.8. The number of nitrogens with zero attached hydrogens (tertiary/aromatic N) is 4. The number of ether oxygens (including phenoxy) is 1. The van der Waals surface area contributed by atoms with E-state index in [9.17, 15) is 0 Å². The molecule has 1 atom stereocenters. The van der Waals surface area contributed by atoms with E-state index < -0.39 is 0 Å². The van der Waals surface area contributed by atoms with Crippen LogP contribution in [-0.4, -0.2) is 58.8 Å². The Hall–Kier alpha value is -0.980. The number of nitrogens with one attached hydrogen (secondary N) is 1. The minimum absolute atomic E-state index is 0.503. The summed E-state index contributed by atoms with van der Waals surface area (Å²) in [5, 5.41) is 11.7. The molecule has 0 aliphatic carbocycles. The highest BCUT2D eigenvalue weighted by Crippen LogP contribution is 2.05. The van der Waals surface area contributed by atoms with Crippen LogP contribution in [0.5, 0.6) is 0 Å². The number of aromatic nitrogens is 3. The van der Waals surface area contributed by atoms with Crippen LogP contribution in [0.1, 0.15) is 26.0 Å². The zero-order valence-corrected chi connectivity index (χ0v) is 12.0. The zero-order valence-electron chi connectivity index (χ0n) is 12.0. The predicted molar refractivity (Wildman–Crippen MR) is 73.9 cm³/mol. The van der Waals surface area contributed by atoms with Gasteiger partial charge in [-0.25, -0.2) is 0 Å². The Morgan fingerprint density at radius 3 is 3.16 bits per heavy atom. The van der Waals surface area contributed by atoms with Crippen molar-refractivity contribution in [3.05, 3.63) is 11.9 Å². The first-order valence-electron chi connectivity index (χ1n) is 7.21. The second-order valence-electron chi connectivity index (χ2n) is 5.11. The quantitative estimate of drug-likeness (QED) is 0.729. The van der Waals surface area contributed by atoms with Crippen LogP contribution in [0.3, 0.4) is 0 Å². The van der Waals surface area contributed by atoms with Crippen molar-refractivity contribution in [3.63, 3.8) is 0 Å². The topological polar surface area (TPSA) is 55.2 Å². The molecule has 1 aliphatic heterocycles. The molecule has 6 nitrogen and oxygen atoms in total. The Balaban J connectivity index is 1.73. The van der Waals surface area contributed by atoms with Gasteiger partial charge in [-0.15, -0.1) is 5.10 Å². The van der Waals surface area contributed by atoms with Gasteiger partial charge in [0, 0.05) is 31.9 Å². The van der Waals surface area contributed by atoms with Gasteiger partial charge in [0.25, 0.3) is 0 Å². The van der Waals surface area contributed by atoms with Crippen LogP contribution in [-0.2, 0) is 17.8 Å². The standard InChI is InChI=1S/C13H25N5O/c1-3-4-14-9-13-10-18(16-15-13)6-5-17-7-8-19-11-12(17)2/h10,12,14H,3-9,11H2,1-2H3. The van der Waals surface area contributed by atoms with E-state index in [1.807, 2.05) is 10.9 Å². The maximum absolute atomic E-state index is 5.44. The number of hydrogen-bond donors (Lipinski definition) is 1. The first-order chi connectivity index (χ1) is 9.29. The second kappa shape index (κ2) is 7.57. The van der Waals surface area contributed by atoms with Crippen molar-refractivity contribution in [1.82, 2.24) is 25.2 Å². The summed E-state index contributed by atoms with van der Waals surface area (Å²) in [4.78, 5) is 2.44. The van der Waals surface area contributed by atoms with Crippen LogP contribution >= 0.6 is 0 Å². The lowest BCUT2D eigenvalue weighted by atomic mass is 10.2. The van der Waals surface area contributed by atoms with Crippen molar-refractivity contribution in [2.45, 2.75) is 39.4 Å². The molecule has 1 N–H and O–H groups in total. The Kier molecular flexibility index (Phi) is 5.75. The number of rotatable bonds is 7. The second-order valence-corrected chi connectivity index (χ2v) is 5.11. The number of hydrogen-bond acceptors (Lipinski definition) is 5. The van der Waals surface area contributed by atoms with Crippen molar-refractivity contribution >= 4 is 0 Å². The molecule has 0 aromatic carbocycles. The van der Waals surface area contributed by atoms with Gasteiger partial charge in [-0.1, -0.05) is 12.1 Å². The third kappa shape index (κ3) is 4.56. The number of morpholine rings is 1. The van der Waals surface area contributed by atoms with Crippen LogP contribution in [0, 0.1) is 0 Å². The molecule has 1 aromatic rings. The molecule has 19 heavy (non-hydrogen) atoms. The van der Waals surface area contributed by atoms with Gasteiger partial charge in [-0.2, -0.15) is 0 Å². The molecule has 1 fully saturated rings. The van der Waals surface area contributed by atoms with E-state index in [4.69, 9.17) is 4.74 Å². The summed E-state index contributed by atoms with van der Waals surface area (Å²) in [6, 6.07) is 0.503. The van der Waals surface area contributed by atoms with E-state index in [2.05, 4.69) is 34.4 Å². The van der Waals surface area contributed by atoms with E-state index in [1.54, 1.807) is 0 Å². The molecule has 0 amide bonds. The molecule has 1 aromatic heterocycles. The van der Waals surface area contributed by atoms with Crippen LogP contribution in [0.4, 0.5) is 0 Å². The van der Waals surface area contributed by atoms with E-state index >= 15 is 0 Å². The molecular weight excluding hydrogens is 242 g/mol. The fourth-order valence-electron chi connectivity index (χ4n) is 2.25. The molecule has 1 saturated heterocycles. The predicted octanol–water partition coefficient (Wildman–Crippen LogP) is 0.498. The highest BCUT2D eigenvalue weighted by molar-refractivity contribution is 4.91. The van der Waals surface area contributed by atoms with Crippen molar-refractivity contribution in [2.75, 3.05) is 32.8 Å². The lowest BCUT2D eigenvalue weighted by Gasteiger charge is -2.32. The maximum atomic E-state index is 5.44. The Labute approximate surface area is 115 Å². The molecule has 2 heterocycles. The third-order valence-electron chi connectivity index (χ3n) is 3.44. The van der Waals surface area contributed by atoms with Gasteiger partial charge in [-0.3, -0.25) is 9.58 Å². The van der Waals surface area contributed by atoms with E-state index in [-0.39, 0.29) is 0 Å². The first kappa shape index (κ1) is 14.4. The third-order valence-corrected chi connectivity index (χ3v) is 3.44. The minimum atomic E-state index is 0.503. The molecular formula is C13H25N5O. The Bertz CT molecular complexity index is 368. The summed E-state index contributed by atoms with van der Waals surface area (Å²) >= 11 is 0. The molecule has 0 spiro atoms. The average Bonchev–Trinajstić information content (AvgIpc) is 2.86. The molecule has 0 bridgehead atoms. The molecule has 1 aliphatic rings. The summed E-state index contributed by atoms with van der Waals surface area (Å²) in [6.07, 6.45) is 3.18. The van der Waals surface area contributed by atoms with Crippen molar-refractivity contribution in [2.24, 2.45) is 0 Å². The van der Waals surface area contributed by atoms with Gasteiger partial charge in [-0.05, 0) is 19.9 Å². The minimum Gasteiger partial charge on any atom is -0.379 e. The average molecular weight is 267 g/mol. The van der Waals surface area contributed by atoms with Crippen LogP contribution < -0.4 is 5.32 Å². The van der Waals surface area contributed by atoms with Crippen molar-refractivity contribution in [3.8, 4) is 0 Å². The lowest BCUT2D eigenvalue weighted by Crippen LogP contribution is -2.44. The molecule has 1 unspecified atom stereocenters. The van der Waals surface area contributed by atoms with Gasteiger partial charge in [0.2, 0.25) is 0 Å². The Morgan fingerprint density at radius 2 is 2.37 bits per heavy atom. The van der Waals surface area contributed by atoms with Gasteiger partial charge >= 0.3 is 0 Å². The Morgan fingerprint density at radius 1 is 1.47 bits per heavy atom. The van der Waals surface area contributed by atoms with Crippen molar-refractivity contribution < 1.29 is 4.74 Å². The fraction of sp³-hybridized carbons (Fsp3) is 0.846. The summed E-state index contributed by atoms with van der Waals surface area (Å²) in [5.41, 5.74) is 1.02. The van der Waals surface area contributed by atoms with Crippen LogP contribution in [0.25, 0.3) is 0 Å². The van der Waals surface area contributed by atoms with Gasteiger partial charge in [0.15, 0.2) is 0 Å². The summed E-state index contributed by atoms with van der Waals surface area (Å²) in [5.74, 6) is 0. The molecule has 2 rings (SSSR count). The molecule has 0 radical (unpaired) electrons. The smallest absolute Gasteiger partial charge is 0.0964 e. The van der Waals surface area contributed by atoms with Gasteiger partial charge < -0.3 is 10.1 Å². The SMILES string of the molecule is CCCNCc1cn(CCN2CCOCC2C)nn1. The summed E-state index contributed by atoms with van der Waals surface area (Å²) in [7, 11) is 0. The summed E-state index contributed by atoms with van der Waals surface area (Å²) < 4.78 is 7.37. The van der Waals surface area contributed by atoms with Gasteiger partial charge in [0.05, 0.1) is 25.5 Å². The highest BCUT2D eigenvalue weighted by Gasteiger charge is 2.18. The van der Waals surface area contributed by atoms with Crippen molar-refractivity contribution in [1.29, 1.82) is 0 Å². The molecule has 108 valence electrons. The first-order valence-corrected chi connectivity index (χ1v) is 7.21. The van der Waals surface area contributed by atoms with E-state index in [0.717, 1.165) is 58.1 Å². The molecule has 6 heteroatoms. The van der Waals surface area contributed by atoms with E-state index in [1.165, 1.54) is 0 Å². The van der Waals surface area contributed by atoms with Crippen LogP contribution in [0.2, 0.25) is 0 Å². The van der Waals surface area contributed by atoms with E-state index in [0.29, 0.717) is 6.04 Å². The maximum Gasteiger partial charge on any atom is 0.0964 e. The zero-order chi connectivity index (χ0) is 13.5. The van der Waals surface area contributed by atoms with Crippen LogP contribution in [0.15, 0.2) is 6.20 Å². The molecule has 0 saturated carbocycles. The largest absolute Gasteiger partial charge is 0.379 e. The normalized spacial score (nSPS) is 20.8. The fourth-order valence-corrected chi connectivity index (χ4v) is 2.25. The highest BCUT2D eigenvalue weighted by atomic mass is 16.5. The monoisotopic (exact) mass is 267 g/mol. The van der Waals surface area contributed by atoms with Gasteiger partial charge in [0.1, 0.15) is 0 Å².